The van der Waals surface area contributed by atoms with Crippen molar-refractivity contribution >= 4 is 15.9 Å². The maximum atomic E-state index is 4.77. The van der Waals surface area contributed by atoms with Gasteiger partial charge in [0.05, 0.1) is 5.69 Å². The van der Waals surface area contributed by atoms with E-state index in [-0.39, 0.29) is 5.54 Å². The van der Waals surface area contributed by atoms with E-state index in [4.69, 9.17) is 4.98 Å². The molecule has 0 radical (unpaired) electrons. The molecule has 0 amide bonds. The van der Waals surface area contributed by atoms with Crippen molar-refractivity contribution in [3.8, 4) is 11.3 Å². The Morgan fingerprint density at radius 2 is 2.15 bits per heavy atom. The number of imidazole rings is 1. The first-order valence-electron chi connectivity index (χ1n) is 7.04. The molecule has 0 saturated heterocycles. The van der Waals surface area contributed by atoms with Crippen LogP contribution < -0.4 is 5.32 Å². The molecular formula is C16H20BrN3. The van der Waals surface area contributed by atoms with Crippen LogP contribution in [0.4, 0.5) is 0 Å². The molecule has 1 aliphatic rings. The van der Waals surface area contributed by atoms with Gasteiger partial charge in [0, 0.05) is 40.7 Å². The quantitative estimate of drug-likeness (QED) is 0.767. The van der Waals surface area contributed by atoms with E-state index in [1.807, 2.05) is 0 Å². The standard InChI is InChI=1S/C16H20BrN3/c1-16(2,3)18-7-6-14-19-13-9-10-8-11(17)4-5-12(10)15(13)20-14/h4-5,8,18H,6-7,9H2,1-3H3,(H,19,20). The minimum absolute atomic E-state index is 0.161. The fraction of sp³-hybridized carbons (Fsp3) is 0.438. The molecule has 0 unspecified atom stereocenters. The van der Waals surface area contributed by atoms with Crippen molar-refractivity contribution in [2.24, 2.45) is 0 Å². The molecule has 1 heterocycles. The van der Waals surface area contributed by atoms with Gasteiger partial charge in [-0.25, -0.2) is 4.98 Å². The predicted molar refractivity (Wildman–Crippen MR) is 86.0 cm³/mol. The van der Waals surface area contributed by atoms with Gasteiger partial charge in [0.15, 0.2) is 0 Å². The van der Waals surface area contributed by atoms with E-state index in [2.05, 4.69) is 65.2 Å². The highest BCUT2D eigenvalue weighted by atomic mass is 79.9. The Bertz CT molecular complexity index is 638. The summed E-state index contributed by atoms with van der Waals surface area (Å²) in [5, 5.41) is 3.50. The van der Waals surface area contributed by atoms with E-state index >= 15 is 0 Å². The third-order valence-electron chi connectivity index (χ3n) is 3.53. The Balaban J connectivity index is 1.74. The number of rotatable bonds is 3. The van der Waals surface area contributed by atoms with Gasteiger partial charge >= 0.3 is 0 Å². The molecule has 3 nitrogen and oxygen atoms in total. The average Bonchev–Trinajstić information content (AvgIpc) is 2.83. The van der Waals surface area contributed by atoms with Crippen molar-refractivity contribution in [2.75, 3.05) is 6.54 Å². The first-order chi connectivity index (χ1) is 9.42. The molecule has 0 saturated carbocycles. The molecule has 0 spiro atoms. The van der Waals surface area contributed by atoms with Crippen LogP contribution in [0.15, 0.2) is 22.7 Å². The largest absolute Gasteiger partial charge is 0.345 e. The van der Waals surface area contributed by atoms with E-state index in [9.17, 15) is 0 Å². The second-order valence-electron chi connectivity index (χ2n) is 6.42. The summed E-state index contributed by atoms with van der Waals surface area (Å²) >= 11 is 3.53. The number of fused-ring (bicyclic) bond motifs is 3. The lowest BCUT2D eigenvalue weighted by Crippen LogP contribution is -2.37. The maximum Gasteiger partial charge on any atom is 0.108 e. The molecule has 1 aromatic heterocycles. The molecule has 0 atom stereocenters. The van der Waals surface area contributed by atoms with Gasteiger partial charge in [-0.1, -0.05) is 22.0 Å². The molecule has 1 aromatic carbocycles. The number of H-pyrrole nitrogens is 1. The number of aromatic amines is 1. The fourth-order valence-electron chi connectivity index (χ4n) is 2.62. The van der Waals surface area contributed by atoms with Crippen LogP contribution in [0.2, 0.25) is 0 Å². The fourth-order valence-corrected chi connectivity index (χ4v) is 3.03. The molecular weight excluding hydrogens is 314 g/mol. The minimum atomic E-state index is 0.161. The smallest absolute Gasteiger partial charge is 0.108 e. The zero-order valence-corrected chi connectivity index (χ0v) is 13.8. The summed E-state index contributed by atoms with van der Waals surface area (Å²) in [4.78, 5) is 8.25. The van der Waals surface area contributed by atoms with Crippen LogP contribution in [0.1, 0.15) is 37.9 Å². The molecule has 3 rings (SSSR count). The Kier molecular flexibility index (Phi) is 3.46. The SMILES string of the molecule is CC(C)(C)NCCc1nc2c([nH]1)Cc1cc(Br)ccc1-2. The number of halogens is 1. The highest BCUT2D eigenvalue weighted by molar-refractivity contribution is 9.10. The summed E-state index contributed by atoms with van der Waals surface area (Å²) in [6.07, 6.45) is 1.90. The lowest BCUT2D eigenvalue weighted by Gasteiger charge is -2.19. The first kappa shape index (κ1) is 13.8. The summed E-state index contributed by atoms with van der Waals surface area (Å²) in [6, 6.07) is 6.43. The normalized spacial score (nSPS) is 13.4. The number of hydrogen-bond donors (Lipinski definition) is 2. The van der Waals surface area contributed by atoms with Crippen molar-refractivity contribution in [1.82, 2.24) is 15.3 Å². The van der Waals surface area contributed by atoms with E-state index in [1.165, 1.54) is 16.8 Å². The second-order valence-corrected chi connectivity index (χ2v) is 7.33. The molecule has 20 heavy (non-hydrogen) atoms. The summed E-state index contributed by atoms with van der Waals surface area (Å²) in [7, 11) is 0. The van der Waals surface area contributed by atoms with E-state index in [1.54, 1.807) is 0 Å². The van der Waals surface area contributed by atoms with Gasteiger partial charge in [-0.2, -0.15) is 0 Å². The Labute approximate surface area is 128 Å². The van der Waals surface area contributed by atoms with Crippen molar-refractivity contribution in [3.05, 3.63) is 39.8 Å². The van der Waals surface area contributed by atoms with Crippen LogP contribution in [0.5, 0.6) is 0 Å². The van der Waals surface area contributed by atoms with Gasteiger partial charge in [0.25, 0.3) is 0 Å². The van der Waals surface area contributed by atoms with Crippen LogP contribution >= 0.6 is 15.9 Å². The molecule has 0 aliphatic heterocycles. The van der Waals surface area contributed by atoms with Crippen molar-refractivity contribution in [1.29, 1.82) is 0 Å². The Hall–Kier alpha value is -1.13. The number of nitrogens with one attached hydrogen (secondary N) is 2. The zero-order chi connectivity index (χ0) is 14.3. The Morgan fingerprint density at radius 3 is 2.90 bits per heavy atom. The summed E-state index contributed by atoms with van der Waals surface area (Å²) in [5.41, 5.74) is 5.18. The molecule has 106 valence electrons. The lowest BCUT2D eigenvalue weighted by atomic mass is 10.1. The molecule has 2 N–H and O–H groups in total. The third kappa shape index (κ3) is 2.81. The number of aromatic nitrogens is 2. The van der Waals surface area contributed by atoms with E-state index in [0.29, 0.717) is 0 Å². The lowest BCUT2D eigenvalue weighted by molar-refractivity contribution is 0.427. The third-order valence-corrected chi connectivity index (χ3v) is 4.03. The van der Waals surface area contributed by atoms with Crippen LogP contribution in [0.25, 0.3) is 11.3 Å². The minimum Gasteiger partial charge on any atom is -0.345 e. The van der Waals surface area contributed by atoms with Crippen molar-refractivity contribution in [3.63, 3.8) is 0 Å². The highest BCUT2D eigenvalue weighted by Crippen LogP contribution is 2.36. The zero-order valence-electron chi connectivity index (χ0n) is 12.2. The van der Waals surface area contributed by atoms with Gasteiger partial charge in [0.2, 0.25) is 0 Å². The molecule has 2 aromatic rings. The monoisotopic (exact) mass is 333 g/mol. The predicted octanol–water partition coefficient (Wildman–Crippen LogP) is 3.67. The van der Waals surface area contributed by atoms with Crippen molar-refractivity contribution in [2.45, 2.75) is 39.2 Å². The number of benzene rings is 1. The van der Waals surface area contributed by atoms with Gasteiger partial charge < -0.3 is 10.3 Å². The highest BCUT2D eigenvalue weighted by Gasteiger charge is 2.22. The van der Waals surface area contributed by atoms with Crippen LogP contribution in [-0.4, -0.2) is 22.1 Å². The molecule has 4 heteroatoms. The second kappa shape index (κ2) is 5.01. The maximum absolute atomic E-state index is 4.77. The van der Waals surface area contributed by atoms with E-state index < -0.39 is 0 Å². The van der Waals surface area contributed by atoms with Crippen LogP contribution in [0, 0.1) is 0 Å². The van der Waals surface area contributed by atoms with Gasteiger partial charge in [0.1, 0.15) is 5.82 Å². The molecule has 1 aliphatic carbocycles. The van der Waals surface area contributed by atoms with Crippen LogP contribution in [-0.2, 0) is 12.8 Å². The van der Waals surface area contributed by atoms with E-state index in [0.717, 1.165) is 35.4 Å². The first-order valence-corrected chi connectivity index (χ1v) is 7.83. The number of hydrogen-bond acceptors (Lipinski definition) is 2. The summed E-state index contributed by atoms with van der Waals surface area (Å²) in [6.45, 7) is 7.50. The topological polar surface area (TPSA) is 40.7 Å². The molecule has 0 fully saturated rings. The summed E-state index contributed by atoms with van der Waals surface area (Å²) in [5.74, 6) is 1.08. The average molecular weight is 334 g/mol. The van der Waals surface area contributed by atoms with Gasteiger partial charge in [-0.3, -0.25) is 0 Å². The van der Waals surface area contributed by atoms with Crippen LogP contribution in [0.3, 0.4) is 0 Å². The Morgan fingerprint density at radius 1 is 1.35 bits per heavy atom. The molecule has 0 bridgehead atoms. The van der Waals surface area contributed by atoms with Gasteiger partial charge in [-0.05, 0) is 38.5 Å². The van der Waals surface area contributed by atoms with Crippen molar-refractivity contribution < 1.29 is 0 Å². The summed E-state index contributed by atoms with van der Waals surface area (Å²) < 4.78 is 1.14. The van der Waals surface area contributed by atoms with Gasteiger partial charge in [-0.15, -0.1) is 0 Å². The number of nitrogens with zero attached hydrogens (tertiary/aromatic N) is 1.